The molecular formula is C13H20ClN3. The molecule has 4 heteroatoms. The quantitative estimate of drug-likeness (QED) is 0.878. The number of aryl methyl sites for hydroxylation is 1. The van der Waals surface area contributed by atoms with Crippen LogP contribution >= 0.6 is 11.6 Å². The lowest BCUT2D eigenvalue weighted by Gasteiger charge is -2.42. The zero-order valence-electron chi connectivity index (χ0n) is 10.7. The van der Waals surface area contributed by atoms with Gasteiger partial charge in [0, 0.05) is 26.7 Å². The Morgan fingerprint density at radius 3 is 2.76 bits per heavy atom. The number of hydrogen-bond donors (Lipinski definition) is 1. The van der Waals surface area contributed by atoms with E-state index in [1.165, 1.54) is 11.3 Å². The molecule has 2 rings (SSSR count). The maximum Gasteiger partial charge on any atom is 0.0791 e. The summed E-state index contributed by atoms with van der Waals surface area (Å²) in [6, 6.07) is 4.68. The number of nitrogens with zero attached hydrogens (tertiary/aromatic N) is 2. The van der Waals surface area contributed by atoms with Gasteiger partial charge in [-0.25, -0.2) is 0 Å². The van der Waals surface area contributed by atoms with Gasteiger partial charge in [-0.15, -0.1) is 0 Å². The van der Waals surface area contributed by atoms with Crippen molar-refractivity contribution in [2.75, 3.05) is 37.0 Å². The van der Waals surface area contributed by atoms with Crippen molar-refractivity contribution in [1.82, 2.24) is 0 Å². The van der Waals surface area contributed by atoms with Gasteiger partial charge in [0.05, 0.1) is 16.4 Å². The van der Waals surface area contributed by atoms with E-state index in [1.807, 2.05) is 6.07 Å². The number of halogens is 1. The van der Waals surface area contributed by atoms with Crippen molar-refractivity contribution >= 4 is 23.0 Å². The highest BCUT2D eigenvalue weighted by Crippen LogP contribution is 2.40. The van der Waals surface area contributed by atoms with Crippen LogP contribution in [0.5, 0.6) is 0 Å². The van der Waals surface area contributed by atoms with Crippen LogP contribution in [0.3, 0.4) is 0 Å². The van der Waals surface area contributed by atoms with Gasteiger partial charge in [-0.3, -0.25) is 0 Å². The molecule has 2 N–H and O–H groups in total. The highest BCUT2D eigenvalue weighted by Gasteiger charge is 2.27. The molecule has 1 unspecified atom stereocenters. The van der Waals surface area contributed by atoms with E-state index < -0.39 is 0 Å². The van der Waals surface area contributed by atoms with Crippen LogP contribution < -0.4 is 15.5 Å². The van der Waals surface area contributed by atoms with Crippen LogP contribution in [0.25, 0.3) is 0 Å². The van der Waals surface area contributed by atoms with Gasteiger partial charge in [0.25, 0.3) is 0 Å². The fourth-order valence-corrected chi connectivity index (χ4v) is 2.98. The lowest BCUT2D eigenvalue weighted by atomic mass is 10.0. The van der Waals surface area contributed by atoms with Gasteiger partial charge in [0.15, 0.2) is 0 Å². The molecule has 1 aromatic rings. The molecule has 0 aromatic heterocycles. The molecule has 1 aliphatic heterocycles. The minimum atomic E-state index is 0.468. The third kappa shape index (κ3) is 2.22. The van der Waals surface area contributed by atoms with Crippen LogP contribution in [-0.4, -0.2) is 33.2 Å². The van der Waals surface area contributed by atoms with Crippen LogP contribution in [0.15, 0.2) is 12.1 Å². The van der Waals surface area contributed by atoms with E-state index in [-0.39, 0.29) is 0 Å². The molecule has 0 amide bonds. The van der Waals surface area contributed by atoms with Gasteiger partial charge in [0.2, 0.25) is 0 Å². The minimum Gasteiger partial charge on any atom is -0.370 e. The van der Waals surface area contributed by atoms with Gasteiger partial charge in [-0.05, 0) is 37.6 Å². The monoisotopic (exact) mass is 253 g/mol. The molecule has 17 heavy (non-hydrogen) atoms. The predicted molar refractivity (Wildman–Crippen MR) is 75.3 cm³/mol. The normalized spacial score (nSPS) is 19.5. The summed E-state index contributed by atoms with van der Waals surface area (Å²) in [5, 5.41) is 0.834. The first kappa shape index (κ1) is 12.5. The lowest BCUT2D eigenvalue weighted by molar-refractivity contribution is 0.567. The molecule has 1 atom stereocenters. The lowest BCUT2D eigenvalue weighted by Crippen LogP contribution is -2.46. The molecule has 3 nitrogen and oxygen atoms in total. The van der Waals surface area contributed by atoms with Gasteiger partial charge in [0.1, 0.15) is 0 Å². The molecule has 0 saturated carbocycles. The Morgan fingerprint density at radius 2 is 2.12 bits per heavy atom. The highest BCUT2D eigenvalue weighted by atomic mass is 35.5. The summed E-state index contributed by atoms with van der Waals surface area (Å²) in [6.45, 7) is 3.77. The van der Waals surface area contributed by atoms with Gasteiger partial charge < -0.3 is 15.5 Å². The Hall–Kier alpha value is -0.930. The van der Waals surface area contributed by atoms with E-state index in [2.05, 4.69) is 36.9 Å². The number of fused-ring (bicyclic) bond motifs is 1. The second-order valence-electron chi connectivity index (χ2n) is 4.84. The first-order valence-corrected chi connectivity index (χ1v) is 6.36. The summed E-state index contributed by atoms with van der Waals surface area (Å²) < 4.78 is 0. The first-order valence-electron chi connectivity index (χ1n) is 5.98. The Balaban J connectivity index is 2.45. The third-order valence-corrected chi connectivity index (χ3v) is 3.77. The van der Waals surface area contributed by atoms with Crippen molar-refractivity contribution in [2.24, 2.45) is 5.73 Å². The number of hydrogen-bond acceptors (Lipinski definition) is 3. The van der Waals surface area contributed by atoms with Crippen LogP contribution in [0.4, 0.5) is 11.4 Å². The number of likely N-dealkylation sites (N-methyl/N-ethyl adjacent to an activating group) is 2. The molecule has 0 aliphatic carbocycles. The van der Waals surface area contributed by atoms with E-state index in [1.54, 1.807) is 0 Å². The van der Waals surface area contributed by atoms with Crippen LogP contribution in [0.1, 0.15) is 12.0 Å². The zero-order valence-corrected chi connectivity index (χ0v) is 11.5. The molecule has 1 heterocycles. The largest absolute Gasteiger partial charge is 0.370 e. The van der Waals surface area contributed by atoms with Crippen LogP contribution in [0.2, 0.25) is 5.02 Å². The van der Waals surface area contributed by atoms with Gasteiger partial charge in [-0.2, -0.15) is 0 Å². The number of anilines is 2. The SMILES string of the molecule is Cc1cc(Cl)c2c(c1)N(C)C(CCN)CN2C. The molecule has 1 aliphatic rings. The van der Waals surface area contributed by atoms with Crippen molar-refractivity contribution in [3.8, 4) is 0 Å². The zero-order chi connectivity index (χ0) is 12.6. The molecule has 0 spiro atoms. The van der Waals surface area contributed by atoms with Crippen molar-refractivity contribution < 1.29 is 0 Å². The van der Waals surface area contributed by atoms with Crippen LogP contribution in [0, 0.1) is 6.92 Å². The fourth-order valence-electron chi connectivity index (χ4n) is 2.57. The molecular weight excluding hydrogens is 234 g/mol. The Kier molecular flexibility index (Phi) is 3.50. The van der Waals surface area contributed by atoms with E-state index in [0.717, 1.165) is 30.2 Å². The summed E-state index contributed by atoms with van der Waals surface area (Å²) in [4.78, 5) is 4.54. The average Bonchev–Trinajstić information content (AvgIpc) is 2.24. The van der Waals surface area contributed by atoms with Crippen molar-refractivity contribution in [3.63, 3.8) is 0 Å². The van der Waals surface area contributed by atoms with E-state index >= 15 is 0 Å². The topological polar surface area (TPSA) is 32.5 Å². The fraction of sp³-hybridized carbons (Fsp3) is 0.538. The number of nitrogens with two attached hydrogens (primary N) is 1. The molecule has 0 bridgehead atoms. The summed E-state index contributed by atoms with van der Waals surface area (Å²) in [5.74, 6) is 0. The summed E-state index contributed by atoms with van der Waals surface area (Å²) in [5.41, 5.74) is 9.22. The van der Waals surface area contributed by atoms with Crippen molar-refractivity contribution in [3.05, 3.63) is 22.7 Å². The number of benzene rings is 1. The van der Waals surface area contributed by atoms with Crippen molar-refractivity contribution in [2.45, 2.75) is 19.4 Å². The Labute approximate surface area is 108 Å². The standard InChI is InChI=1S/C13H20ClN3/c1-9-6-11(14)13-12(7-9)17(3)10(4-5-15)8-16(13)2/h6-7,10H,4-5,8,15H2,1-3H3. The Morgan fingerprint density at radius 1 is 1.41 bits per heavy atom. The van der Waals surface area contributed by atoms with Gasteiger partial charge >= 0.3 is 0 Å². The average molecular weight is 254 g/mol. The van der Waals surface area contributed by atoms with E-state index in [0.29, 0.717) is 6.04 Å². The second-order valence-corrected chi connectivity index (χ2v) is 5.24. The highest BCUT2D eigenvalue weighted by molar-refractivity contribution is 6.34. The maximum absolute atomic E-state index is 6.34. The van der Waals surface area contributed by atoms with Crippen LogP contribution in [-0.2, 0) is 0 Å². The predicted octanol–water partition coefficient (Wildman–Crippen LogP) is 2.25. The minimum absolute atomic E-state index is 0.468. The molecule has 1 aromatic carbocycles. The van der Waals surface area contributed by atoms with E-state index in [9.17, 15) is 0 Å². The van der Waals surface area contributed by atoms with Gasteiger partial charge in [-0.1, -0.05) is 11.6 Å². The second kappa shape index (κ2) is 4.75. The van der Waals surface area contributed by atoms with Crippen molar-refractivity contribution in [1.29, 1.82) is 0 Å². The maximum atomic E-state index is 6.34. The first-order chi connectivity index (χ1) is 8.04. The molecule has 0 fully saturated rings. The molecule has 0 radical (unpaired) electrons. The third-order valence-electron chi connectivity index (χ3n) is 3.48. The summed E-state index contributed by atoms with van der Waals surface area (Å²) >= 11 is 6.34. The smallest absolute Gasteiger partial charge is 0.0791 e. The Bertz CT molecular complexity index is 419. The summed E-state index contributed by atoms with van der Waals surface area (Å²) in [6.07, 6.45) is 1.01. The summed E-state index contributed by atoms with van der Waals surface area (Å²) in [7, 11) is 4.22. The molecule has 0 saturated heterocycles. The van der Waals surface area contributed by atoms with E-state index in [4.69, 9.17) is 17.3 Å². The number of rotatable bonds is 2. The molecule has 94 valence electrons.